The molecule has 1 aromatic rings. The third kappa shape index (κ3) is 4.57. The molecule has 0 bridgehead atoms. The Labute approximate surface area is 141 Å². The van der Waals surface area contributed by atoms with E-state index >= 15 is 0 Å². The number of carbonyl (C=O) groups is 1. The largest absolute Gasteiger partial charge is 0.327 e. The number of benzene rings is 1. The van der Waals surface area contributed by atoms with Crippen LogP contribution in [0, 0.1) is 5.92 Å². The van der Waals surface area contributed by atoms with E-state index in [0.717, 1.165) is 24.9 Å². The lowest BCUT2D eigenvalue weighted by Crippen LogP contribution is -2.36. The zero-order valence-electron chi connectivity index (χ0n) is 15.1. The number of anilines is 1. The van der Waals surface area contributed by atoms with Crippen LogP contribution in [0.2, 0.25) is 0 Å². The summed E-state index contributed by atoms with van der Waals surface area (Å²) in [7, 11) is 0. The first kappa shape index (κ1) is 18.0. The van der Waals surface area contributed by atoms with Gasteiger partial charge in [-0.25, -0.2) is 0 Å². The molecular formula is C20H32N2O. The van der Waals surface area contributed by atoms with Crippen LogP contribution in [-0.2, 0) is 17.6 Å². The molecule has 0 aromatic heterocycles. The Morgan fingerprint density at radius 3 is 2.78 bits per heavy atom. The predicted molar refractivity (Wildman–Crippen MR) is 97.8 cm³/mol. The molecule has 0 radical (unpaired) electrons. The third-order valence-electron chi connectivity index (χ3n) is 4.64. The Hall–Kier alpha value is -1.35. The van der Waals surface area contributed by atoms with Crippen molar-refractivity contribution >= 4 is 11.6 Å². The lowest BCUT2D eigenvalue weighted by molar-refractivity contribution is -0.119. The number of hydrogen-bond donors (Lipinski definition) is 1. The standard InChI is InChI=1S/C20H32N2O/c1-5-6-7-18(21)13-16-8-9-19-17(12-16)11-15(4)22(19)20(23)10-14(2)3/h8-9,12,14-15,18H,5-7,10-11,13,21H2,1-4H3. The molecule has 0 spiro atoms. The fourth-order valence-electron chi connectivity index (χ4n) is 3.51. The van der Waals surface area contributed by atoms with Crippen molar-refractivity contribution in [2.45, 2.75) is 78.3 Å². The summed E-state index contributed by atoms with van der Waals surface area (Å²) in [4.78, 5) is 14.5. The molecule has 1 heterocycles. The van der Waals surface area contributed by atoms with E-state index in [1.807, 2.05) is 4.90 Å². The molecule has 3 nitrogen and oxygen atoms in total. The number of carbonyl (C=O) groups excluding carboxylic acids is 1. The van der Waals surface area contributed by atoms with Crippen molar-refractivity contribution in [1.82, 2.24) is 0 Å². The first-order valence-electron chi connectivity index (χ1n) is 9.11. The maximum atomic E-state index is 12.5. The second-order valence-corrected chi connectivity index (χ2v) is 7.48. The molecule has 1 aliphatic rings. The second kappa shape index (κ2) is 7.96. The van der Waals surface area contributed by atoms with Crippen molar-refractivity contribution < 1.29 is 4.79 Å². The lowest BCUT2D eigenvalue weighted by atomic mass is 9.99. The van der Waals surface area contributed by atoms with Gasteiger partial charge in [-0.3, -0.25) is 4.79 Å². The summed E-state index contributed by atoms with van der Waals surface area (Å²) < 4.78 is 0. The van der Waals surface area contributed by atoms with E-state index < -0.39 is 0 Å². The Bertz CT molecular complexity index is 538. The third-order valence-corrected chi connectivity index (χ3v) is 4.64. The molecular weight excluding hydrogens is 284 g/mol. The number of nitrogens with zero attached hydrogens (tertiary/aromatic N) is 1. The van der Waals surface area contributed by atoms with Gasteiger partial charge in [0.05, 0.1) is 0 Å². The monoisotopic (exact) mass is 316 g/mol. The highest BCUT2D eigenvalue weighted by molar-refractivity contribution is 5.96. The highest BCUT2D eigenvalue weighted by Gasteiger charge is 2.31. The molecule has 1 aliphatic heterocycles. The van der Waals surface area contributed by atoms with Crippen molar-refractivity contribution in [3.63, 3.8) is 0 Å². The van der Waals surface area contributed by atoms with Crippen LogP contribution in [-0.4, -0.2) is 18.0 Å². The van der Waals surface area contributed by atoms with E-state index in [1.54, 1.807) is 0 Å². The van der Waals surface area contributed by atoms with Crippen LogP contribution in [0.5, 0.6) is 0 Å². The smallest absolute Gasteiger partial charge is 0.227 e. The van der Waals surface area contributed by atoms with Crippen molar-refractivity contribution in [2.24, 2.45) is 11.7 Å². The van der Waals surface area contributed by atoms with E-state index in [2.05, 4.69) is 45.9 Å². The van der Waals surface area contributed by atoms with Crippen LogP contribution in [0.25, 0.3) is 0 Å². The van der Waals surface area contributed by atoms with Gasteiger partial charge >= 0.3 is 0 Å². The maximum Gasteiger partial charge on any atom is 0.227 e. The molecule has 2 N–H and O–H groups in total. The molecule has 0 saturated heterocycles. The molecule has 3 heteroatoms. The van der Waals surface area contributed by atoms with Crippen molar-refractivity contribution in [1.29, 1.82) is 0 Å². The predicted octanol–water partition coefficient (Wildman–Crippen LogP) is 4.07. The van der Waals surface area contributed by atoms with Crippen molar-refractivity contribution in [3.8, 4) is 0 Å². The quantitative estimate of drug-likeness (QED) is 0.824. The number of amides is 1. The number of fused-ring (bicyclic) bond motifs is 1. The van der Waals surface area contributed by atoms with Crippen LogP contribution < -0.4 is 10.6 Å². The van der Waals surface area contributed by atoms with E-state index in [-0.39, 0.29) is 18.0 Å². The van der Waals surface area contributed by atoms with Gasteiger partial charge in [-0.1, -0.05) is 45.7 Å². The summed E-state index contributed by atoms with van der Waals surface area (Å²) in [5.74, 6) is 0.647. The number of unbranched alkanes of at least 4 members (excludes halogenated alkanes) is 1. The minimum atomic E-state index is 0.241. The van der Waals surface area contributed by atoms with E-state index in [0.29, 0.717) is 12.3 Å². The molecule has 1 aromatic carbocycles. The van der Waals surface area contributed by atoms with E-state index in [9.17, 15) is 4.79 Å². The van der Waals surface area contributed by atoms with Crippen LogP contribution in [0.3, 0.4) is 0 Å². The zero-order chi connectivity index (χ0) is 17.0. The summed E-state index contributed by atoms with van der Waals surface area (Å²) in [6, 6.07) is 7.04. The van der Waals surface area contributed by atoms with Gasteiger partial charge in [0.15, 0.2) is 0 Å². The van der Waals surface area contributed by atoms with Gasteiger partial charge in [-0.15, -0.1) is 0 Å². The molecule has 0 aliphatic carbocycles. The Morgan fingerprint density at radius 2 is 2.13 bits per heavy atom. The van der Waals surface area contributed by atoms with Gasteiger partial charge in [0.2, 0.25) is 5.91 Å². The average Bonchev–Trinajstić information content (AvgIpc) is 2.79. The van der Waals surface area contributed by atoms with Gasteiger partial charge < -0.3 is 10.6 Å². The zero-order valence-corrected chi connectivity index (χ0v) is 15.1. The first-order valence-corrected chi connectivity index (χ1v) is 9.11. The summed E-state index contributed by atoms with van der Waals surface area (Å²) in [5.41, 5.74) is 9.94. The normalized spacial score (nSPS) is 18.3. The summed E-state index contributed by atoms with van der Waals surface area (Å²) >= 11 is 0. The van der Waals surface area contributed by atoms with Crippen molar-refractivity contribution in [3.05, 3.63) is 29.3 Å². The number of rotatable bonds is 7. The van der Waals surface area contributed by atoms with Crippen LogP contribution in [0.1, 0.15) is 64.5 Å². The fourth-order valence-corrected chi connectivity index (χ4v) is 3.51. The summed E-state index contributed by atoms with van der Waals surface area (Å²) in [5, 5.41) is 0. The van der Waals surface area contributed by atoms with Gasteiger partial charge in [0, 0.05) is 24.2 Å². The van der Waals surface area contributed by atoms with Gasteiger partial charge in [-0.2, -0.15) is 0 Å². The van der Waals surface area contributed by atoms with Crippen molar-refractivity contribution in [2.75, 3.05) is 4.90 Å². The van der Waals surface area contributed by atoms with Crippen LogP contribution in [0.15, 0.2) is 18.2 Å². The van der Waals surface area contributed by atoms with E-state index in [4.69, 9.17) is 5.73 Å². The average molecular weight is 316 g/mol. The fraction of sp³-hybridized carbons (Fsp3) is 0.650. The summed E-state index contributed by atoms with van der Waals surface area (Å²) in [6.45, 7) is 8.54. The highest BCUT2D eigenvalue weighted by Crippen LogP contribution is 2.34. The molecule has 1 amide bonds. The minimum absolute atomic E-state index is 0.241. The Balaban J connectivity index is 2.10. The Morgan fingerprint density at radius 1 is 1.39 bits per heavy atom. The van der Waals surface area contributed by atoms with Gasteiger partial charge in [0.25, 0.3) is 0 Å². The first-order chi connectivity index (χ1) is 10.9. The number of hydrogen-bond acceptors (Lipinski definition) is 2. The minimum Gasteiger partial charge on any atom is -0.327 e. The van der Waals surface area contributed by atoms with Gasteiger partial charge in [0.1, 0.15) is 0 Å². The SMILES string of the molecule is CCCCC(N)Cc1ccc2c(c1)CC(C)N2C(=O)CC(C)C. The molecule has 2 rings (SSSR count). The van der Waals surface area contributed by atoms with Gasteiger partial charge in [-0.05, 0) is 49.3 Å². The molecule has 0 fully saturated rings. The molecule has 0 saturated carbocycles. The number of nitrogens with two attached hydrogens (primary N) is 1. The molecule has 23 heavy (non-hydrogen) atoms. The van der Waals surface area contributed by atoms with Crippen LogP contribution >= 0.6 is 0 Å². The molecule has 2 unspecified atom stereocenters. The van der Waals surface area contributed by atoms with E-state index in [1.165, 1.54) is 24.0 Å². The topological polar surface area (TPSA) is 46.3 Å². The maximum absolute atomic E-state index is 12.5. The Kier molecular flexibility index (Phi) is 6.23. The molecule has 128 valence electrons. The second-order valence-electron chi connectivity index (χ2n) is 7.48. The lowest BCUT2D eigenvalue weighted by Gasteiger charge is -2.23. The molecule has 2 atom stereocenters. The van der Waals surface area contributed by atoms with Crippen LogP contribution in [0.4, 0.5) is 5.69 Å². The highest BCUT2D eigenvalue weighted by atomic mass is 16.2. The summed E-state index contributed by atoms with van der Waals surface area (Å²) in [6.07, 6.45) is 5.98.